The van der Waals surface area contributed by atoms with Crippen LogP contribution in [0.4, 0.5) is 0 Å². The van der Waals surface area contributed by atoms with Gasteiger partial charge in [-0.15, -0.1) is 0 Å². The Kier molecular flexibility index (Phi) is 38.3. The van der Waals surface area contributed by atoms with Crippen LogP contribution in [0, 0.1) is 0 Å². The van der Waals surface area contributed by atoms with Gasteiger partial charge in [0.1, 0.15) is 0 Å². The number of hydrogen-bond acceptors (Lipinski definition) is 4. The van der Waals surface area contributed by atoms with E-state index in [2.05, 4.69) is 13.8 Å². The lowest BCUT2D eigenvalue weighted by Crippen LogP contribution is -2.11. The van der Waals surface area contributed by atoms with Crippen molar-refractivity contribution in [3.05, 3.63) is 47.5 Å². The quantitative estimate of drug-likeness (QED) is 0.0491. The molecule has 0 unspecified atom stereocenters. The third kappa shape index (κ3) is 30.7. The SMILES string of the molecule is CCCCCCCCCCCCCCCCCCCCCCCCOC(=O)c1cccc2cccc(C(=O)OCCCCCCCCCCCCCCCCCCCCCC)c12. The van der Waals surface area contributed by atoms with Crippen LogP contribution < -0.4 is 0 Å². The van der Waals surface area contributed by atoms with Crippen LogP contribution in [0.15, 0.2) is 36.4 Å². The highest BCUT2D eigenvalue weighted by Gasteiger charge is 2.19. The summed E-state index contributed by atoms with van der Waals surface area (Å²) in [5.41, 5.74) is 0.903. The van der Waals surface area contributed by atoms with Crippen LogP contribution in [0.2, 0.25) is 0 Å². The molecule has 2 rings (SSSR count). The van der Waals surface area contributed by atoms with Crippen molar-refractivity contribution in [3.8, 4) is 0 Å². The maximum Gasteiger partial charge on any atom is 0.338 e. The summed E-state index contributed by atoms with van der Waals surface area (Å²) in [4.78, 5) is 26.5. The minimum Gasteiger partial charge on any atom is -0.462 e. The predicted molar refractivity (Wildman–Crippen MR) is 270 cm³/mol. The first-order chi connectivity index (χ1) is 30.7. The third-order valence-electron chi connectivity index (χ3n) is 13.3. The molecule has 0 fully saturated rings. The Morgan fingerprint density at radius 3 is 0.742 bits per heavy atom. The van der Waals surface area contributed by atoms with E-state index in [4.69, 9.17) is 9.47 Å². The zero-order chi connectivity index (χ0) is 44.2. The second kappa shape index (κ2) is 42.6. The molecule has 0 saturated heterocycles. The van der Waals surface area contributed by atoms with Gasteiger partial charge >= 0.3 is 11.9 Å². The molecule has 4 nitrogen and oxygen atoms in total. The van der Waals surface area contributed by atoms with Crippen molar-refractivity contribution < 1.29 is 19.1 Å². The molecule has 2 aromatic rings. The summed E-state index contributed by atoms with van der Waals surface area (Å²) in [6.45, 7) is 5.42. The summed E-state index contributed by atoms with van der Waals surface area (Å²) in [7, 11) is 0. The van der Waals surface area contributed by atoms with Crippen molar-refractivity contribution in [1.29, 1.82) is 0 Å². The van der Waals surface area contributed by atoms with Gasteiger partial charge in [0.25, 0.3) is 0 Å². The van der Waals surface area contributed by atoms with Gasteiger partial charge in [0.05, 0.1) is 24.3 Å². The first kappa shape index (κ1) is 55.8. The molecular weight excluding hydrogens is 761 g/mol. The molecule has 4 heteroatoms. The highest BCUT2D eigenvalue weighted by atomic mass is 16.5. The van der Waals surface area contributed by atoms with Crippen molar-refractivity contribution >= 4 is 22.7 Å². The monoisotopic (exact) mass is 861 g/mol. The average molecular weight is 861 g/mol. The fourth-order valence-electron chi connectivity index (χ4n) is 9.23. The van der Waals surface area contributed by atoms with Crippen LogP contribution in [0.25, 0.3) is 10.8 Å². The number of carbonyl (C=O) groups excluding carboxylic acids is 2. The molecule has 0 atom stereocenters. The van der Waals surface area contributed by atoms with Gasteiger partial charge in [-0.1, -0.05) is 295 Å². The molecule has 62 heavy (non-hydrogen) atoms. The van der Waals surface area contributed by atoms with Gasteiger partial charge in [-0.2, -0.15) is 0 Å². The van der Waals surface area contributed by atoms with Crippen molar-refractivity contribution in [2.24, 2.45) is 0 Å². The van der Waals surface area contributed by atoms with Crippen molar-refractivity contribution in [2.75, 3.05) is 13.2 Å². The van der Waals surface area contributed by atoms with Gasteiger partial charge in [-0.3, -0.25) is 0 Å². The van der Waals surface area contributed by atoms with E-state index in [1.165, 1.54) is 244 Å². The van der Waals surface area contributed by atoms with E-state index in [1.807, 2.05) is 24.3 Å². The summed E-state index contributed by atoms with van der Waals surface area (Å²) in [6, 6.07) is 11.2. The number of fused-ring (bicyclic) bond motifs is 1. The van der Waals surface area contributed by atoms with Crippen LogP contribution in [-0.2, 0) is 9.47 Å². The lowest BCUT2D eigenvalue weighted by atomic mass is 9.99. The van der Waals surface area contributed by atoms with Crippen LogP contribution in [0.1, 0.15) is 304 Å². The van der Waals surface area contributed by atoms with Crippen LogP contribution in [-0.4, -0.2) is 25.2 Å². The largest absolute Gasteiger partial charge is 0.462 e. The lowest BCUT2D eigenvalue weighted by Gasteiger charge is -2.12. The van der Waals surface area contributed by atoms with Gasteiger partial charge in [-0.25, -0.2) is 9.59 Å². The maximum atomic E-state index is 13.2. The molecule has 0 aliphatic heterocycles. The lowest BCUT2D eigenvalue weighted by molar-refractivity contribution is 0.0498. The molecule has 0 amide bonds. The highest BCUT2D eigenvalue weighted by Crippen LogP contribution is 2.26. The fraction of sp³-hybridized carbons (Fsp3) is 0.793. The number of ether oxygens (including phenoxy) is 2. The van der Waals surface area contributed by atoms with Crippen LogP contribution in [0.5, 0.6) is 0 Å². The zero-order valence-corrected chi connectivity index (χ0v) is 41.2. The summed E-state index contributed by atoms with van der Waals surface area (Å²) in [5.74, 6) is -0.707. The van der Waals surface area contributed by atoms with Gasteiger partial charge in [0, 0.05) is 5.39 Å². The van der Waals surface area contributed by atoms with E-state index in [0.29, 0.717) is 29.7 Å². The maximum absolute atomic E-state index is 13.2. The highest BCUT2D eigenvalue weighted by molar-refractivity contribution is 6.13. The number of hydrogen-bond donors (Lipinski definition) is 0. The Morgan fingerprint density at radius 1 is 0.306 bits per heavy atom. The van der Waals surface area contributed by atoms with Crippen molar-refractivity contribution in [1.82, 2.24) is 0 Å². The second-order valence-corrected chi connectivity index (χ2v) is 19.1. The van der Waals surface area contributed by atoms with E-state index < -0.39 is 0 Å². The van der Waals surface area contributed by atoms with Gasteiger partial charge in [0.15, 0.2) is 0 Å². The first-order valence-corrected chi connectivity index (χ1v) is 27.5. The third-order valence-corrected chi connectivity index (χ3v) is 13.3. The smallest absolute Gasteiger partial charge is 0.338 e. The van der Waals surface area contributed by atoms with Gasteiger partial charge < -0.3 is 9.47 Å². The van der Waals surface area contributed by atoms with Crippen molar-refractivity contribution in [3.63, 3.8) is 0 Å². The number of esters is 2. The van der Waals surface area contributed by atoms with E-state index in [9.17, 15) is 9.59 Å². The molecule has 0 aliphatic rings. The molecule has 2 aromatic carbocycles. The Morgan fingerprint density at radius 2 is 0.516 bits per heavy atom. The van der Waals surface area contributed by atoms with E-state index >= 15 is 0 Å². The minimum absolute atomic E-state index is 0.353. The molecule has 356 valence electrons. The van der Waals surface area contributed by atoms with Gasteiger partial charge in [0.2, 0.25) is 0 Å². The summed E-state index contributed by atoms with van der Waals surface area (Å²) in [6.07, 6.45) is 56.8. The Hall–Kier alpha value is -2.36. The summed E-state index contributed by atoms with van der Waals surface area (Å²) >= 11 is 0. The van der Waals surface area contributed by atoms with Crippen LogP contribution in [0.3, 0.4) is 0 Å². The van der Waals surface area contributed by atoms with Gasteiger partial charge in [-0.05, 0) is 30.4 Å². The molecule has 0 spiro atoms. The summed E-state index contributed by atoms with van der Waals surface area (Å²) < 4.78 is 11.5. The average Bonchev–Trinajstić information content (AvgIpc) is 3.29. The Labute approximate surface area is 384 Å². The molecule has 0 N–H and O–H groups in total. The van der Waals surface area contributed by atoms with E-state index in [-0.39, 0.29) is 11.9 Å². The molecule has 0 radical (unpaired) electrons. The summed E-state index contributed by atoms with van der Waals surface area (Å²) in [5, 5.41) is 1.50. The molecule has 0 heterocycles. The molecule has 0 aliphatic carbocycles. The number of unbranched alkanes of at least 4 members (excludes halogenated alkanes) is 40. The predicted octanol–water partition coefficient (Wildman–Crippen LogP) is 19.6. The normalized spacial score (nSPS) is 11.5. The molecule has 0 bridgehead atoms. The number of rotatable bonds is 46. The zero-order valence-electron chi connectivity index (χ0n) is 41.2. The second-order valence-electron chi connectivity index (χ2n) is 19.1. The molecular formula is C58H100O4. The molecule has 0 aromatic heterocycles. The first-order valence-electron chi connectivity index (χ1n) is 27.5. The molecule has 0 saturated carbocycles. The van der Waals surface area contributed by atoms with Crippen LogP contribution >= 0.6 is 0 Å². The standard InChI is InChI=1S/C58H100O4/c1-3-5-7-9-11-13-15-17-19-21-23-25-26-28-30-32-34-36-38-40-42-44-52-62-58(60)55-50-46-48-53-47-45-49-54(56(53)55)57(59)61-51-43-41-39-37-35-33-31-29-27-24-22-20-18-16-14-12-10-8-6-4-2/h45-50H,3-44,51-52H2,1-2H3. The topological polar surface area (TPSA) is 52.6 Å². The minimum atomic E-state index is -0.353. The number of carbonyl (C=O) groups is 2. The number of benzene rings is 2. The Bertz CT molecular complexity index is 1300. The Balaban J connectivity index is 1.44. The van der Waals surface area contributed by atoms with E-state index in [0.717, 1.165) is 31.1 Å². The van der Waals surface area contributed by atoms with E-state index in [1.54, 1.807) is 12.1 Å². The fourth-order valence-corrected chi connectivity index (χ4v) is 9.23. The van der Waals surface area contributed by atoms with Crippen molar-refractivity contribution in [2.45, 2.75) is 284 Å².